The Balaban J connectivity index is 1.69. The van der Waals surface area contributed by atoms with Gasteiger partial charge >= 0.3 is 0 Å². The Morgan fingerprint density at radius 2 is 1.97 bits per heavy atom. The standard InChI is InChI=1S/C21H27N7O5S/c1-12(2)33-17(18-23-8-13(3)9-24-18)14(4)34(30,31)27-21-26-25-19-16-6-5-7-22-20(16)32-11-15(10-29)28(19)21/h5-9,12,14-15,17,29H,10-11H2,1-4H3,(H,26,27)/t14-,15+,17+/m0/s1. The lowest BCUT2D eigenvalue weighted by Gasteiger charge is -2.26. The Hall–Kier alpha value is -3.16. The Labute approximate surface area is 197 Å². The molecule has 0 aromatic carbocycles. The maximum Gasteiger partial charge on any atom is 0.240 e. The number of aromatic nitrogens is 6. The first kappa shape index (κ1) is 24.0. The van der Waals surface area contributed by atoms with E-state index in [4.69, 9.17) is 9.47 Å². The van der Waals surface area contributed by atoms with Crippen LogP contribution in [0.3, 0.4) is 0 Å². The highest BCUT2D eigenvalue weighted by Gasteiger charge is 2.36. The number of ether oxygens (including phenoxy) is 2. The summed E-state index contributed by atoms with van der Waals surface area (Å²) in [6, 6.07) is 2.82. The predicted octanol–water partition coefficient (Wildman–Crippen LogP) is 1.66. The van der Waals surface area contributed by atoms with Gasteiger partial charge in [0.15, 0.2) is 11.6 Å². The van der Waals surface area contributed by atoms with E-state index in [0.717, 1.165) is 5.56 Å². The van der Waals surface area contributed by atoms with Crippen molar-refractivity contribution in [2.75, 3.05) is 17.9 Å². The average molecular weight is 490 g/mol. The molecule has 0 saturated carbocycles. The summed E-state index contributed by atoms with van der Waals surface area (Å²) in [6.45, 7) is 6.72. The number of hydrogen-bond donors (Lipinski definition) is 2. The molecule has 1 aliphatic rings. The number of aliphatic hydroxyl groups excluding tert-OH is 1. The van der Waals surface area contributed by atoms with Crippen molar-refractivity contribution in [1.29, 1.82) is 0 Å². The smallest absolute Gasteiger partial charge is 0.240 e. The summed E-state index contributed by atoms with van der Waals surface area (Å²) in [4.78, 5) is 12.8. The van der Waals surface area contributed by atoms with Crippen LogP contribution in [0.15, 0.2) is 30.7 Å². The molecule has 0 bridgehead atoms. The van der Waals surface area contributed by atoms with Crippen LogP contribution in [0.1, 0.15) is 44.3 Å². The lowest BCUT2D eigenvalue weighted by molar-refractivity contribution is 0.00152. The molecular weight excluding hydrogens is 462 g/mol. The Morgan fingerprint density at radius 3 is 2.65 bits per heavy atom. The van der Waals surface area contributed by atoms with E-state index in [9.17, 15) is 13.5 Å². The molecule has 4 heterocycles. The van der Waals surface area contributed by atoms with E-state index in [1.807, 2.05) is 20.8 Å². The molecule has 0 aliphatic carbocycles. The quantitative estimate of drug-likeness (QED) is 0.477. The summed E-state index contributed by atoms with van der Waals surface area (Å²) in [5.74, 6) is 0.881. The van der Waals surface area contributed by atoms with Crippen LogP contribution in [0.2, 0.25) is 0 Å². The summed E-state index contributed by atoms with van der Waals surface area (Å²) >= 11 is 0. The van der Waals surface area contributed by atoms with E-state index in [2.05, 4.69) is 29.9 Å². The van der Waals surface area contributed by atoms with Crippen LogP contribution in [0.4, 0.5) is 5.95 Å². The molecule has 0 amide bonds. The number of rotatable bonds is 8. The summed E-state index contributed by atoms with van der Waals surface area (Å²) in [5, 5.41) is 17.1. The number of fused-ring (bicyclic) bond motifs is 3. The van der Waals surface area contributed by atoms with Gasteiger partial charge in [-0.2, -0.15) is 0 Å². The Bertz CT molecular complexity index is 1250. The molecule has 0 unspecified atom stereocenters. The molecule has 34 heavy (non-hydrogen) atoms. The average Bonchev–Trinajstić information content (AvgIpc) is 3.12. The summed E-state index contributed by atoms with van der Waals surface area (Å²) in [7, 11) is -4.06. The van der Waals surface area contributed by atoms with Crippen molar-refractivity contribution in [1.82, 2.24) is 29.7 Å². The summed E-state index contributed by atoms with van der Waals surface area (Å²) < 4.78 is 42.5. The Morgan fingerprint density at radius 1 is 1.24 bits per heavy atom. The molecule has 3 aromatic rings. The molecule has 4 rings (SSSR count). The molecule has 3 aromatic heterocycles. The molecule has 2 N–H and O–H groups in total. The maximum atomic E-state index is 13.4. The fourth-order valence-corrected chi connectivity index (χ4v) is 4.65. The molecule has 3 atom stereocenters. The van der Waals surface area contributed by atoms with Crippen molar-refractivity contribution in [2.45, 2.75) is 51.2 Å². The van der Waals surface area contributed by atoms with E-state index in [1.165, 1.54) is 11.5 Å². The zero-order valence-corrected chi connectivity index (χ0v) is 20.1. The highest BCUT2D eigenvalue weighted by molar-refractivity contribution is 7.93. The van der Waals surface area contributed by atoms with Crippen molar-refractivity contribution in [3.05, 3.63) is 42.1 Å². The number of anilines is 1. The fraction of sp³-hybridized carbons (Fsp3) is 0.476. The lowest BCUT2D eigenvalue weighted by Crippen LogP contribution is -2.35. The first-order valence-electron chi connectivity index (χ1n) is 10.8. The first-order valence-corrected chi connectivity index (χ1v) is 12.4. The third kappa shape index (κ3) is 4.72. The van der Waals surface area contributed by atoms with Crippen molar-refractivity contribution in [2.24, 2.45) is 0 Å². The SMILES string of the molecule is Cc1cnc([C@H](OC(C)C)[C@H](C)S(=O)(=O)Nc2nnc3n2[C@H](CO)COc2ncccc2-3)nc1. The van der Waals surface area contributed by atoms with Crippen LogP contribution in [0.5, 0.6) is 5.88 Å². The minimum Gasteiger partial charge on any atom is -0.475 e. The van der Waals surface area contributed by atoms with Crippen LogP contribution in [0.25, 0.3) is 11.4 Å². The van der Waals surface area contributed by atoms with E-state index >= 15 is 0 Å². The van der Waals surface area contributed by atoms with Gasteiger partial charge in [0.1, 0.15) is 18.0 Å². The molecule has 12 nitrogen and oxygen atoms in total. The summed E-state index contributed by atoms with van der Waals surface area (Å²) in [5.41, 5.74) is 1.39. The van der Waals surface area contributed by atoms with Gasteiger partial charge in [0.25, 0.3) is 0 Å². The minimum atomic E-state index is -4.06. The molecule has 182 valence electrons. The molecule has 0 saturated heterocycles. The maximum absolute atomic E-state index is 13.4. The number of pyridine rings is 1. The van der Waals surface area contributed by atoms with Gasteiger partial charge < -0.3 is 14.6 Å². The molecule has 1 aliphatic heterocycles. The largest absolute Gasteiger partial charge is 0.475 e. The van der Waals surface area contributed by atoms with E-state index in [1.54, 1.807) is 30.7 Å². The monoisotopic (exact) mass is 489 g/mol. The second-order valence-electron chi connectivity index (χ2n) is 8.30. The van der Waals surface area contributed by atoms with Crippen molar-refractivity contribution in [3.63, 3.8) is 0 Å². The second kappa shape index (κ2) is 9.60. The topological polar surface area (TPSA) is 154 Å². The van der Waals surface area contributed by atoms with Gasteiger partial charge in [-0.3, -0.25) is 9.29 Å². The number of nitrogens with one attached hydrogen (secondary N) is 1. The molecule has 0 fully saturated rings. The molecule has 0 radical (unpaired) electrons. The van der Waals surface area contributed by atoms with Crippen molar-refractivity contribution >= 4 is 16.0 Å². The van der Waals surface area contributed by atoms with E-state index < -0.39 is 27.4 Å². The van der Waals surface area contributed by atoms with Gasteiger partial charge in [-0.05, 0) is 45.4 Å². The third-order valence-electron chi connectivity index (χ3n) is 5.32. The van der Waals surface area contributed by atoms with Crippen molar-refractivity contribution < 1.29 is 23.0 Å². The Kier molecular flexibility index (Phi) is 6.77. The molecule has 13 heteroatoms. The van der Waals surface area contributed by atoms with Crippen LogP contribution in [-0.4, -0.2) is 67.8 Å². The molecular formula is C21H27N7O5S. The van der Waals surface area contributed by atoms with Gasteiger partial charge in [0, 0.05) is 18.6 Å². The van der Waals surface area contributed by atoms with E-state index in [-0.39, 0.29) is 31.1 Å². The van der Waals surface area contributed by atoms with Crippen molar-refractivity contribution in [3.8, 4) is 17.3 Å². The normalized spacial score (nSPS) is 17.3. The predicted molar refractivity (Wildman–Crippen MR) is 123 cm³/mol. The minimum absolute atomic E-state index is 0.0469. The van der Waals surface area contributed by atoms with Gasteiger partial charge in [0.05, 0.1) is 24.3 Å². The number of sulfonamides is 1. The lowest BCUT2D eigenvalue weighted by atomic mass is 10.2. The zero-order chi connectivity index (χ0) is 24.5. The fourth-order valence-electron chi connectivity index (χ4n) is 3.56. The number of hydrogen-bond acceptors (Lipinski definition) is 10. The molecule has 0 spiro atoms. The van der Waals surface area contributed by atoms with Gasteiger partial charge in [0.2, 0.25) is 21.9 Å². The first-order chi connectivity index (χ1) is 16.2. The highest BCUT2D eigenvalue weighted by atomic mass is 32.2. The summed E-state index contributed by atoms with van der Waals surface area (Å²) in [6.07, 6.45) is 3.61. The van der Waals surface area contributed by atoms with E-state index in [0.29, 0.717) is 17.3 Å². The van der Waals surface area contributed by atoms with Crippen LogP contribution in [-0.2, 0) is 14.8 Å². The van der Waals surface area contributed by atoms with Crippen LogP contribution in [0, 0.1) is 6.92 Å². The van der Waals surface area contributed by atoms with Gasteiger partial charge in [-0.1, -0.05) is 0 Å². The number of aryl methyl sites for hydroxylation is 1. The number of aliphatic hydroxyl groups is 1. The van der Waals surface area contributed by atoms with Crippen LogP contribution < -0.4 is 9.46 Å². The van der Waals surface area contributed by atoms with Gasteiger partial charge in [-0.15, -0.1) is 10.2 Å². The number of nitrogens with zero attached hydrogens (tertiary/aromatic N) is 6. The van der Waals surface area contributed by atoms with Gasteiger partial charge in [-0.25, -0.2) is 23.4 Å². The van der Waals surface area contributed by atoms with Crippen LogP contribution >= 0.6 is 0 Å². The highest BCUT2D eigenvalue weighted by Crippen LogP contribution is 2.35. The zero-order valence-electron chi connectivity index (χ0n) is 19.3. The third-order valence-corrected chi connectivity index (χ3v) is 7.01. The second-order valence-corrected chi connectivity index (χ2v) is 10.3.